The van der Waals surface area contributed by atoms with Crippen LogP contribution in [0.4, 0.5) is 0 Å². The minimum absolute atomic E-state index is 0.163. The third-order valence-corrected chi connectivity index (χ3v) is 3.00. The van der Waals surface area contributed by atoms with Crippen LogP contribution in [0.25, 0.3) is 0 Å². The normalized spacial score (nSPS) is 26.1. The lowest BCUT2D eigenvalue weighted by Gasteiger charge is -2.36. The van der Waals surface area contributed by atoms with Gasteiger partial charge in [-0.3, -0.25) is 9.88 Å². The van der Waals surface area contributed by atoms with E-state index in [0.717, 1.165) is 19.6 Å². The summed E-state index contributed by atoms with van der Waals surface area (Å²) in [6.07, 6.45) is 4.24. The number of nitrogens with two attached hydrogens (primary N) is 1. The van der Waals surface area contributed by atoms with Crippen molar-refractivity contribution in [2.45, 2.75) is 32.6 Å². The summed E-state index contributed by atoms with van der Waals surface area (Å²) in [4.78, 5) is 6.62. The fourth-order valence-corrected chi connectivity index (χ4v) is 2.36. The first-order valence-corrected chi connectivity index (χ1v) is 6.16. The Bertz CT molecular complexity index is 369. The van der Waals surface area contributed by atoms with Crippen molar-refractivity contribution < 1.29 is 4.74 Å². The number of aryl methyl sites for hydroxylation is 1. The molecule has 0 spiro atoms. The number of aromatic nitrogens is 1. The lowest BCUT2D eigenvalue weighted by molar-refractivity contribution is -0.0745. The molecule has 0 aliphatic carbocycles. The van der Waals surface area contributed by atoms with Gasteiger partial charge in [-0.1, -0.05) is 6.07 Å². The van der Waals surface area contributed by atoms with Crippen LogP contribution in [-0.4, -0.2) is 41.7 Å². The van der Waals surface area contributed by atoms with E-state index in [1.165, 1.54) is 11.1 Å². The molecule has 0 amide bonds. The molecule has 0 aromatic carbocycles. The monoisotopic (exact) mass is 235 g/mol. The van der Waals surface area contributed by atoms with Crippen LogP contribution >= 0.6 is 0 Å². The van der Waals surface area contributed by atoms with E-state index in [-0.39, 0.29) is 12.2 Å². The molecule has 2 atom stereocenters. The molecular formula is C13H21N3O. The summed E-state index contributed by atoms with van der Waals surface area (Å²) >= 11 is 0. The summed E-state index contributed by atoms with van der Waals surface area (Å²) in [6, 6.07) is 2.19. The molecule has 94 valence electrons. The van der Waals surface area contributed by atoms with Gasteiger partial charge >= 0.3 is 0 Å². The van der Waals surface area contributed by atoms with Gasteiger partial charge < -0.3 is 10.5 Å². The van der Waals surface area contributed by atoms with Gasteiger partial charge in [0.25, 0.3) is 0 Å². The number of pyridine rings is 1. The second-order valence-corrected chi connectivity index (χ2v) is 4.87. The number of hydrogen-bond donors (Lipinski definition) is 1. The second kappa shape index (κ2) is 5.58. The quantitative estimate of drug-likeness (QED) is 0.847. The summed E-state index contributed by atoms with van der Waals surface area (Å²) < 4.78 is 5.74. The van der Waals surface area contributed by atoms with Crippen LogP contribution in [0.15, 0.2) is 18.5 Å². The molecule has 0 bridgehead atoms. The number of rotatable bonds is 3. The molecule has 2 rings (SSSR count). The van der Waals surface area contributed by atoms with Crippen molar-refractivity contribution in [3.05, 3.63) is 29.6 Å². The first kappa shape index (κ1) is 12.5. The Morgan fingerprint density at radius 2 is 2.29 bits per heavy atom. The predicted molar refractivity (Wildman–Crippen MR) is 67.6 cm³/mol. The standard InChI is InChI=1S/C13H21N3O/c1-10-3-12(6-15-5-10)8-16-7-11(2)17-13(4-14)9-16/h3,5-6,11,13H,4,7-9,14H2,1-2H3. The number of hydrogen-bond acceptors (Lipinski definition) is 4. The van der Waals surface area contributed by atoms with Crippen molar-refractivity contribution in [2.75, 3.05) is 19.6 Å². The average molecular weight is 235 g/mol. The van der Waals surface area contributed by atoms with Gasteiger partial charge in [0, 0.05) is 38.6 Å². The number of ether oxygens (including phenoxy) is 1. The van der Waals surface area contributed by atoms with E-state index in [9.17, 15) is 0 Å². The first-order chi connectivity index (χ1) is 8.17. The minimum atomic E-state index is 0.163. The van der Waals surface area contributed by atoms with Gasteiger partial charge in [0.1, 0.15) is 0 Å². The van der Waals surface area contributed by atoms with E-state index >= 15 is 0 Å². The van der Waals surface area contributed by atoms with Gasteiger partial charge in [0.2, 0.25) is 0 Å². The van der Waals surface area contributed by atoms with Crippen molar-refractivity contribution in [1.29, 1.82) is 0 Å². The largest absolute Gasteiger partial charge is 0.371 e. The maximum absolute atomic E-state index is 5.74. The van der Waals surface area contributed by atoms with E-state index in [1.807, 2.05) is 12.4 Å². The van der Waals surface area contributed by atoms with Crippen LogP contribution in [0.2, 0.25) is 0 Å². The van der Waals surface area contributed by atoms with Crippen LogP contribution in [0.1, 0.15) is 18.1 Å². The molecule has 1 aliphatic heterocycles. The van der Waals surface area contributed by atoms with Gasteiger partial charge in [-0.2, -0.15) is 0 Å². The summed E-state index contributed by atoms with van der Waals surface area (Å²) in [5.74, 6) is 0. The van der Waals surface area contributed by atoms with Gasteiger partial charge in [0.15, 0.2) is 0 Å². The molecule has 17 heavy (non-hydrogen) atoms. The maximum atomic E-state index is 5.74. The SMILES string of the molecule is Cc1cncc(CN2CC(C)OC(CN)C2)c1. The molecule has 2 unspecified atom stereocenters. The van der Waals surface area contributed by atoms with E-state index in [1.54, 1.807) is 0 Å². The summed E-state index contributed by atoms with van der Waals surface area (Å²) in [7, 11) is 0. The zero-order chi connectivity index (χ0) is 12.3. The Morgan fingerprint density at radius 1 is 1.47 bits per heavy atom. The summed E-state index contributed by atoms with van der Waals surface area (Å²) in [5.41, 5.74) is 8.15. The average Bonchev–Trinajstić information content (AvgIpc) is 2.28. The molecule has 1 aromatic rings. The van der Waals surface area contributed by atoms with Crippen molar-refractivity contribution in [1.82, 2.24) is 9.88 Å². The maximum Gasteiger partial charge on any atom is 0.0828 e. The van der Waals surface area contributed by atoms with Crippen molar-refractivity contribution >= 4 is 0 Å². The fraction of sp³-hybridized carbons (Fsp3) is 0.615. The molecule has 2 N–H and O–H groups in total. The van der Waals surface area contributed by atoms with Crippen LogP contribution in [0, 0.1) is 6.92 Å². The van der Waals surface area contributed by atoms with E-state index in [4.69, 9.17) is 10.5 Å². The van der Waals surface area contributed by atoms with E-state index in [0.29, 0.717) is 6.54 Å². The predicted octanol–water partition coefficient (Wildman–Crippen LogP) is 0.938. The Kier molecular flexibility index (Phi) is 4.10. The third kappa shape index (κ3) is 3.49. The van der Waals surface area contributed by atoms with Gasteiger partial charge in [-0.25, -0.2) is 0 Å². The Morgan fingerprint density at radius 3 is 3.00 bits per heavy atom. The third-order valence-electron chi connectivity index (χ3n) is 3.00. The smallest absolute Gasteiger partial charge is 0.0828 e. The molecular weight excluding hydrogens is 214 g/mol. The lowest BCUT2D eigenvalue weighted by Crippen LogP contribution is -2.48. The minimum Gasteiger partial charge on any atom is -0.371 e. The molecule has 0 radical (unpaired) electrons. The Hall–Kier alpha value is -0.970. The summed E-state index contributed by atoms with van der Waals surface area (Å²) in [6.45, 7) is 7.56. The van der Waals surface area contributed by atoms with Crippen LogP contribution in [0.5, 0.6) is 0 Å². The highest BCUT2D eigenvalue weighted by Crippen LogP contribution is 2.14. The van der Waals surface area contributed by atoms with Gasteiger partial charge in [-0.05, 0) is 25.0 Å². The molecule has 4 nitrogen and oxygen atoms in total. The molecule has 1 fully saturated rings. The molecule has 1 saturated heterocycles. The molecule has 4 heteroatoms. The van der Waals surface area contributed by atoms with Crippen LogP contribution in [0.3, 0.4) is 0 Å². The van der Waals surface area contributed by atoms with Gasteiger partial charge in [0.05, 0.1) is 12.2 Å². The van der Waals surface area contributed by atoms with Crippen LogP contribution in [-0.2, 0) is 11.3 Å². The zero-order valence-corrected chi connectivity index (χ0v) is 10.6. The lowest BCUT2D eigenvalue weighted by atomic mass is 10.1. The first-order valence-electron chi connectivity index (χ1n) is 6.16. The van der Waals surface area contributed by atoms with Gasteiger partial charge in [-0.15, -0.1) is 0 Å². The molecule has 1 aliphatic rings. The van der Waals surface area contributed by atoms with Crippen molar-refractivity contribution in [3.63, 3.8) is 0 Å². The number of morpholine rings is 1. The van der Waals surface area contributed by atoms with Crippen molar-refractivity contribution in [2.24, 2.45) is 5.73 Å². The van der Waals surface area contributed by atoms with Crippen molar-refractivity contribution in [3.8, 4) is 0 Å². The second-order valence-electron chi connectivity index (χ2n) is 4.87. The van der Waals surface area contributed by atoms with E-state index in [2.05, 4.69) is 29.8 Å². The highest BCUT2D eigenvalue weighted by Gasteiger charge is 2.24. The highest BCUT2D eigenvalue weighted by atomic mass is 16.5. The topological polar surface area (TPSA) is 51.4 Å². The summed E-state index contributed by atoms with van der Waals surface area (Å²) in [5, 5.41) is 0. The number of nitrogens with zero attached hydrogens (tertiary/aromatic N) is 2. The zero-order valence-electron chi connectivity index (χ0n) is 10.6. The molecule has 0 saturated carbocycles. The molecule has 2 heterocycles. The fourth-order valence-electron chi connectivity index (χ4n) is 2.36. The highest BCUT2D eigenvalue weighted by molar-refractivity contribution is 5.16. The Labute approximate surface area is 103 Å². The van der Waals surface area contributed by atoms with E-state index < -0.39 is 0 Å². The van der Waals surface area contributed by atoms with Crippen LogP contribution < -0.4 is 5.73 Å². The molecule has 1 aromatic heterocycles. The Balaban J connectivity index is 1.98.